The predicted octanol–water partition coefficient (Wildman–Crippen LogP) is 2.12. The molecule has 0 bridgehead atoms. The first-order valence-electron chi connectivity index (χ1n) is 8.88. The number of fused-ring (bicyclic) bond motifs is 4. The van der Waals surface area contributed by atoms with Gasteiger partial charge >= 0.3 is 6.03 Å². The Labute approximate surface area is 155 Å². The molecule has 2 fully saturated rings. The summed E-state index contributed by atoms with van der Waals surface area (Å²) in [5.74, 6) is 0.914. The van der Waals surface area contributed by atoms with Crippen molar-refractivity contribution in [3.63, 3.8) is 0 Å². The lowest BCUT2D eigenvalue weighted by Crippen LogP contribution is -2.38. The second-order valence-corrected chi connectivity index (χ2v) is 8.18. The van der Waals surface area contributed by atoms with E-state index in [2.05, 4.69) is 16.3 Å². The molecule has 1 N–H and O–H groups in total. The monoisotopic (exact) mass is 369 g/mol. The predicted molar refractivity (Wildman–Crippen MR) is 98.7 cm³/mol. The standard InChI is InChI=1S/C18H19N5O2S/c1-22(6-5-19)10-8-12-13(9-10)23(17(24)20-12)18-21-16-11-4-7-25-14(11)2-3-15(16)26-18/h2-3,10,12-13H,4,6-9H2,1H3,(H,20,24)/t10-,12-,13+/m0/s1. The topological polar surface area (TPSA) is 81.5 Å². The highest BCUT2D eigenvalue weighted by atomic mass is 32.1. The Morgan fingerprint density at radius 2 is 2.38 bits per heavy atom. The number of hydrogen-bond acceptors (Lipinski definition) is 6. The molecule has 1 aromatic heterocycles. The van der Waals surface area contributed by atoms with Crippen LogP contribution < -0.4 is 15.0 Å². The lowest BCUT2D eigenvalue weighted by atomic mass is 10.1. The Morgan fingerprint density at radius 3 is 3.23 bits per heavy atom. The minimum absolute atomic E-state index is 0.0617. The average Bonchev–Trinajstić information content (AvgIpc) is 3.35. The summed E-state index contributed by atoms with van der Waals surface area (Å²) in [7, 11) is 1.97. The highest BCUT2D eigenvalue weighted by Crippen LogP contribution is 2.41. The number of aromatic nitrogens is 1. The van der Waals surface area contributed by atoms with Crippen LogP contribution in [0.4, 0.5) is 9.93 Å². The summed E-state index contributed by atoms with van der Waals surface area (Å²) in [4.78, 5) is 21.3. The Kier molecular flexibility index (Phi) is 3.55. The molecule has 1 aromatic carbocycles. The van der Waals surface area contributed by atoms with Crippen LogP contribution in [0.5, 0.6) is 5.75 Å². The number of carbonyl (C=O) groups excluding carboxylic acids is 1. The van der Waals surface area contributed by atoms with E-state index in [1.54, 1.807) is 11.3 Å². The van der Waals surface area contributed by atoms with Gasteiger partial charge in [0.1, 0.15) is 5.75 Å². The number of amides is 2. The Morgan fingerprint density at radius 1 is 1.50 bits per heavy atom. The summed E-state index contributed by atoms with van der Waals surface area (Å²) < 4.78 is 6.73. The first-order valence-corrected chi connectivity index (χ1v) is 9.69. The largest absolute Gasteiger partial charge is 0.493 e. The second-order valence-electron chi connectivity index (χ2n) is 7.18. The van der Waals surface area contributed by atoms with E-state index in [9.17, 15) is 4.79 Å². The number of ether oxygens (including phenoxy) is 1. The molecular formula is C18H19N5O2S. The fourth-order valence-corrected chi connectivity index (χ4v) is 5.45. The van der Waals surface area contributed by atoms with Crippen LogP contribution in [0.15, 0.2) is 12.1 Å². The SMILES string of the molecule is CN(CC#N)[C@H]1C[C@@H]2NC(=O)N(c3nc4c5c(ccc4s3)OCC5)[C@@H]2C1. The maximum Gasteiger partial charge on any atom is 0.324 e. The molecule has 3 heterocycles. The second kappa shape index (κ2) is 5.83. The molecule has 2 aromatic rings. The van der Waals surface area contributed by atoms with Gasteiger partial charge in [0, 0.05) is 18.0 Å². The molecule has 7 nitrogen and oxygen atoms in total. The Bertz CT molecular complexity index is 936. The van der Waals surface area contributed by atoms with Crippen LogP contribution in [0.3, 0.4) is 0 Å². The fourth-order valence-electron chi connectivity index (χ4n) is 4.40. The van der Waals surface area contributed by atoms with E-state index in [1.807, 2.05) is 24.1 Å². The molecule has 1 saturated heterocycles. The Hall–Kier alpha value is -2.37. The zero-order chi connectivity index (χ0) is 17.8. The van der Waals surface area contributed by atoms with E-state index in [1.165, 1.54) is 0 Å². The maximum atomic E-state index is 12.6. The summed E-state index contributed by atoms with van der Waals surface area (Å²) in [6.45, 7) is 1.11. The number of nitrogens with one attached hydrogen (secondary N) is 1. The average molecular weight is 369 g/mol. The fraction of sp³-hybridized carbons (Fsp3) is 0.500. The van der Waals surface area contributed by atoms with Crippen molar-refractivity contribution in [2.45, 2.75) is 37.4 Å². The summed E-state index contributed by atoms with van der Waals surface area (Å²) in [6.07, 6.45) is 2.60. The van der Waals surface area contributed by atoms with E-state index >= 15 is 0 Å². The van der Waals surface area contributed by atoms with Gasteiger partial charge in [-0.25, -0.2) is 9.78 Å². The van der Waals surface area contributed by atoms with Gasteiger partial charge in [0.25, 0.3) is 0 Å². The van der Waals surface area contributed by atoms with Crippen molar-refractivity contribution < 1.29 is 9.53 Å². The van der Waals surface area contributed by atoms with E-state index in [0.717, 1.165) is 45.9 Å². The Balaban J connectivity index is 1.47. The van der Waals surface area contributed by atoms with Crippen molar-refractivity contribution in [2.75, 3.05) is 25.1 Å². The van der Waals surface area contributed by atoms with Crippen LogP contribution >= 0.6 is 11.3 Å². The molecule has 0 radical (unpaired) electrons. The van der Waals surface area contributed by atoms with Crippen LogP contribution in [0, 0.1) is 11.3 Å². The van der Waals surface area contributed by atoms with Crippen LogP contribution in [0.2, 0.25) is 0 Å². The van der Waals surface area contributed by atoms with E-state index in [-0.39, 0.29) is 18.1 Å². The summed E-state index contributed by atoms with van der Waals surface area (Å²) in [5.41, 5.74) is 2.12. The number of anilines is 1. The summed E-state index contributed by atoms with van der Waals surface area (Å²) in [5, 5.41) is 12.8. The van der Waals surface area contributed by atoms with E-state index in [4.69, 9.17) is 15.0 Å². The van der Waals surface area contributed by atoms with Crippen molar-refractivity contribution in [2.24, 2.45) is 0 Å². The van der Waals surface area contributed by atoms with Gasteiger partial charge in [0.2, 0.25) is 0 Å². The third kappa shape index (κ3) is 2.27. The molecule has 8 heteroatoms. The van der Waals surface area contributed by atoms with Crippen molar-refractivity contribution >= 4 is 32.7 Å². The number of benzene rings is 1. The summed E-state index contributed by atoms with van der Waals surface area (Å²) >= 11 is 1.57. The van der Waals surface area contributed by atoms with Crippen LogP contribution in [-0.4, -0.2) is 54.2 Å². The lowest BCUT2D eigenvalue weighted by Gasteiger charge is -2.24. The van der Waals surface area contributed by atoms with Crippen LogP contribution in [-0.2, 0) is 6.42 Å². The van der Waals surface area contributed by atoms with Gasteiger partial charge in [-0.2, -0.15) is 5.26 Å². The van der Waals surface area contributed by atoms with Gasteiger partial charge in [-0.3, -0.25) is 9.80 Å². The highest BCUT2D eigenvalue weighted by Gasteiger charge is 2.48. The molecule has 1 aliphatic carbocycles. The number of carbonyl (C=O) groups is 1. The van der Waals surface area contributed by atoms with Gasteiger partial charge in [-0.15, -0.1) is 0 Å². The minimum atomic E-state index is -0.0617. The minimum Gasteiger partial charge on any atom is -0.493 e. The van der Waals surface area contributed by atoms with Gasteiger partial charge in [-0.05, 0) is 32.0 Å². The first-order chi connectivity index (χ1) is 12.7. The third-order valence-corrected chi connectivity index (χ3v) is 6.75. The number of thiazole rings is 1. The normalized spacial score (nSPS) is 26.7. The van der Waals surface area contributed by atoms with Gasteiger partial charge in [0.05, 0.1) is 41.5 Å². The van der Waals surface area contributed by atoms with Crippen molar-refractivity contribution in [3.8, 4) is 11.8 Å². The molecule has 2 aliphatic heterocycles. The molecule has 26 heavy (non-hydrogen) atoms. The quantitative estimate of drug-likeness (QED) is 0.838. The zero-order valence-electron chi connectivity index (χ0n) is 14.4. The summed E-state index contributed by atoms with van der Waals surface area (Å²) in [6, 6.07) is 6.70. The molecule has 2 amide bonds. The molecule has 3 atom stereocenters. The lowest BCUT2D eigenvalue weighted by molar-refractivity contribution is 0.242. The van der Waals surface area contributed by atoms with Crippen LogP contribution in [0.1, 0.15) is 18.4 Å². The molecule has 134 valence electrons. The number of nitrogens with zero attached hydrogens (tertiary/aromatic N) is 4. The number of nitriles is 1. The van der Waals surface area contributed by atoms with Gasteiger partial charge < -0.3 is 10.1 Å². The molecular weight excluding hydrogens is 350 g/mol. The van der Waals surface area contributed by atoms with Gasteiger partial charge in [0.15, 0.2) is 5.13 Å². The molecule has 3 aliphatic rings. The van der Waals surface area contributed by atoms with E-state index in [0.29, 0.717) is 19.2 Å². The number of rotatable bonds is 3. The van der Waals surface area contributed by atoms with Crippen LogP contribution in [0.25, 0.3) is 10.2 Å². The molecule has 0 unspecified atom stereocenters. The number of hydrogen-bond donors (Lipinski definition) is 1. The van der Waals surface area contributed by atoms with Gasteiger partial charge in [-0.1, -0.05) is 11.3 Å². The third-order valence-electron chi connectivity index (χ3n) is 5.73. The van der Waals surface area contributed by atoms with Crippen molar-refractivity contribution in [1.82, 2.24) is 15.2 Å². The highest BCUT2D eigenvalue weighted by molar-refractivity contribution is 7.22. The molecule has 1 saturated carbocycles. The van der Waals surface area contributed by atoms with Crippen molar-refractivity contribution in [1.29, 1.82) is 5.26 Å². The number of urea groups is 1. The zero-order valence-corrected chi connectivity index (χ0v) is 15.3. The molecule has 5 rings (SSSR count). The van der Waals surface area contributed by atoms with Crippen molar-refractivity contribution in [3.05, 3.63) is 17.7 Å². The first kappa shape index (κ1) is 15.9. The molecule has 0 spiro atoms. The van der Waals surface area contributed by atoms with E-state index < -0.39 is 0 Å². The maximum absolute atomic E-state index is 12.6. The smallest absolute Gasteiger partial charge is 0.324 e.